The monoisotopic (exact) mass is 364 g/mol. The number of carbonyl (C=O) groups excluding carboxylic acids is 2. The summed E-state index contributed by atoms with van der Waals surface area (Å²) in [5.74, 6) is 0.177. The number of ether oxygens (including phenoxy) is 4. The Morgan fingerprint density at radius 3 is 2.70 bits per heavy atom. The second-order valence-corrected chi connectivity index (χ2v) is 6.05. The number of nitrogens with one attached hydrogen (secondary N) is 2. The van der Waals surface area contributed by atoms with Crippen molar-refractivity contribution >= 4 is 40.4 Å². The van der Waals surface area contributed by atoms with Gasteiger partial charge in [-0.1, -0.05) is 30.6 Å². The maximum atomic E-state index is 11.3. The van der Waals surface area contributed by atoms with Gasteiger partial charge in [-0.15, -0.1) is 0 Å². The van der Waals surface area contributed by atoms with Gasteiger partial charge < -0.3 is 29.6 Å². The zero-order chi connectivity index (χ0) is 16.9. The van der Waals surface area contributed by atoms with Crippen LogP contribution in [0.1, 0.15) is 0 Å². The van der Waals surface area contributed by atoms with Gasteiger partial charge in [0.25, 0.3) is 0 Å². The molecule has 0 atom stereocenters. The molecular formula is C13H20N2O6S2. The Hall–Kier alpha value is -1.36. The molecule has 8 nitrogen and oxygen atoms in total. The Balaban J connectivity index is 1.96. The molecule has 0 aliphatic carbocycles. The highest BCUT2D eigenvalue weighted by Crippen LogP contribution is 2.05. The van der Waals surface area contributed by atoms with Gasteiger partial charge in [-0.2, -0.15) is 0 Å². The predicted octanol–water partition coefficient (Wildman–Crippen LogP) is 0.422. The van der Waals surface area contributed by atoms with E-state index in [4.69, 9.17) is 31.2 Å². The number of thioether (sulfide) groups is 1. The van der Waals surface area contributed by atoms with Crippen LogP contribution in [0.3, 0.4) is 0 Å². The molecular weight excluding hydrogens is 344 g/mol. The van der Waals surface area contributed by atoms with Gasteiger partial charge >= 0.3 is 6.16 Å². The SMILES string of the molecule is C=CC(=O)NCCOC(=O)OCCSC(=S)NC1COCOC1. The molecule has 0 spiro atoms. The number of thiocarbonyl (C=S) groups is 1. The zero-order valence-corrected chi connectivity index (χ0v) is 14.2. The molecule has 0 bridgehead atoms. The van der Waals surface area contributed by atoms with Crippen molar-refractivity contribution in [3.05, 3.63) is 12.7 Å². The molecule has 0 radical (unpaired) electrons. The molecule has 1 rings (SSSR count). The fraction of sp³-hybridized carbons (Fsp3) is 0.615. The molecule has 0 aromatic heterocycles. The topological polar surface area (TPSA) is 95.1 Å². The van der Waals surface area contributed by atoms with E-state index >= 15 is 0 Å². The van der Waals surface area contributed by atoms with Gasteiger partial charge in [0.2, 0.25) is 5.91 Å². The molecule has 1 heterocycles. The van der Waals surface area contributed by atoms with Crippen LogP contribution in [-0.2, 0) is 23.7 Å². The van der Waals surface area contributed by atoms with Crippen LogP contribution in [0.4, 0.5) is 4.79 Å². The summed E-state index contributed by atoms with van der Waals surface area (Å²) in [7, 11) is 0. The van der Waals surface area contributed by atoms with Crippen molar-refractivity contribution in [1.29, 1.82) is 0 Å². The van der Waals surface area contributed by atoms with E-state index in [0.717, 1.165) is 6.08 Å². The van der Waals surface area contributed by atoms with E-state index in [1.54, 1.807) is 0 Å². The molecule has 130 valence electrons. The van der Waals surface area contributed by atoms with Crippen LogP contribution in [0.25, 0.3) is 0 Å². The van der Waals surface area contributed by atoms with Gasteiger partial charge in [0, 0.05) is 5.75 Å². The fourth-order valence-corrected chi connectivity index (χ4v) is 2.48. The lowest BCUT2D eigenvalue weighted by Crippen LogP contribution is -2.43. The quantitative estimate of drug-likeness (QED) is 0.275. The predicted molar refractivity (Wildman–Crippen MR) is 89.3 cm³/mol. The van der Waals surface area contributed by atoms with Gasteiger partial charge in [-0.25, -0.2) is 4.79 Å². The van der Waals surface area contributed by atoms with E-state index < -0.39 is 6.16 Å². The summed E-state index contributed by atoms with van der Waals surface area (Å²) in [5.41, 5.74) is 0. The molecule has 0 aromatic carbocycles. The molecule has 10 heteroatoms. The first-order chi connectivity index (χ1) is 11.1. The van der Waals surface area contributed by atoms with Crippen molar-refractivity contribution in [2.24, 2.45) is 0 Å². The highest BCUT2D eigenvalue weighted by atomic mass is 32.2. The second kappa shape index (κ2) is 12.1. The summed E-state index contributed by atoms with van der Waals surface area (Å²) in [5, 5.41) is 5.56. The molecule has 0 aromatic rings. The first-order valence-corrected chi connectivity index (χ1v) is 8.29. The Labute approximate surface area is 144 Å². The normalized spacial score (nSPS) is 14.6. The number of hydrogen-bond acceptors (Lipinski definition) is 8. The Bertz CT molecular complexity index is 415. The molecule has 1 fully saturated rings. The van der Waals surface area contributed by atoms with Crippen LogP contribution in [0.2, 0.25) is 0 Å². The van der Waals surface area contributed by atoms with Gasteiger partial charge in [0.1, 0.15) is 24.3 Å². The van der Waals surface area contributed by atoms with E-state index in [0.29, 0.717) is 30.1 Å². The molecule has 23 heavy (non-hydrogen) atoms. The van der Waals surface area contributed by atoms with Crippen molar-refractivity contribution < 1.29 is 28.5 Å². The molecule has 2 N–H and O–H groups in total. The van der Waals surface area contributed by atoms with E-state index in [1.165, 1.54) is 11.8 Å². The minimum Gasteiger partial charge on any atom is -0.433 e. The third kappa shape index (κ3) is 10.1. The van der Waals surface area contributed by atoms with Crippen LogP contribution in [0.15, 0.2) is 12.7 Å². The molecule has 1 aliphatic rings. The van der Waals surface area contributed by atoms with Crippen molar-refractivity contribution in [2.45, 2.75) is 6.04 Å². The smallest absolute Gasteiger partial charge is 0.433 e. The molecule has 1 saturated heterocycles. The molecule has 1 amide bonds. The summed E-state index contributed by atoms with van der Waals surface area (Å²) in [6, 6.07) is 0.0420. The minimum atomic E-state index is -0.786. The number of hydrogen-bond donors (Lipinski definition) is 2. The second-order valence-electron chi connectivity index (χ2n) is 4.28. The largest absolute Gasteiger partial charge is 0.508 e. The fourth-order valence-electron chi connectivity index (χ4n) is 1.46. The Morgan fingerprint density at radius 1 is 1.30 bits per heavy atom. The van der Waals surface area contributed by atoms with Crippen LogP contribution in [-0.4, -0.2) is 67.9 Å². The molecule has 1 aliphatic heterocycles. The highest BCUT2D eigenvalue weighted by Gasteiger charge is 2.15. The van der Waals surface area contributed by atoms with Crippen LogP contribution >= 0.6 is 24.0 Å². The summed E-state index contributed by atoms with van der Waals surface area (Å²) in [4.78, 5) is 22.1. The van der Waals surface area contributed by atoms with E-state index in [2.05, 4.69) is 17.2 Å². The Kier molecular flexibility index (Phi) is 10.4. The van der Waals surface area contributed by atoms with Crippen molar-refractivity contribution in [1.82, 2.24) is 10.6 Å². The number of amides is 1. The van der Waals surface area contributed by atoms with Crippen molar-refractivity contribution in [2.75, 3.05) is 45.5 Å². The lowest BCUT2D eigenvalue weighted by atomic mass is 10.3. The summed E-state index contributed by atoms with van der Waals surface area (Å²) < 4.78 is 20.5. The van der Waals surface area contributed by atoms with Gasteiger partial charge in [-0.3, -0.25) is 4.79 Å². The number of carbonyl (C=O) groups is 2. The first-order valence-electron chi connectivity index (χ1n) is 6.90. The van der Waals surface area contributed by atoms with Gasteiger partial charge in [0.05, 0.1) is 25.8 Å². The van der Waals surface area contributed by atoms with Crippen LogP contribution in [0, 0.1) is 0 Å². The Morgan fingerprint density at radius 2 is 2.00 bits per heavy atom. The summed E-state index contributed by atoms with van der Waals surface area (Å²) in [6.45, 7) is 5.11. The average Bonchev–Trinajstić information content (AvgIpc) is 2.56. The van der Waals surface area contributed by atoms with E-state index in [9.17, 15) is 9.59 Å². The maximum Gasteiger partial charge on any atom is 0.508 e. The highest BCUT2D eigenvalue weighted by molar-refractivity contribution is 8.22. The summed E-state index contributed by atoms with van der Waals surface area (Å²) >= 11 is 6.51. The average molecular weight is 364 g/mol. The van der Waals surface area contributed by atoms with E-state index in [-0.39, 0.29) is 31.7 Å². The third-order valence-electron chi connectivity index (χ3n) is 2.47. The van der Waals surface area contributed by atoms with Crippen molar-refractivity contribution in [3.8, 4) is 0 Å². The third-order valence-corrected chi connectivity index (χ3v) is 3.69. The van der Waals surface area contributed by atoms with Crippen LogP contribution in [0.5, 0.6) is 0 Å². The standard InChI is InChI=1S/C13H20N2O6S2/c1-2-11(16)14-3-4-20-13(17)21-5-6-23-12(22)15-10-7-18-9-19-8-10/h2,10H,1,3-9H2,(H,14,16)(H,15,22). The zero-order valence-electron chi connectivity index (χ0n) is 12.6. The number of rotatable bonds is 8. The molecule has 0 unspecified atom stereocenters. The lowest BCUT2D eigenvalue weighted by Gasteiger charge is -2.24. The maximum absolute atomic E-state index is 11.3. The minimum absolute atomic E-state index is 0.0349. The van der Waals surface area contributed by atoms with Crippen LogP contribution < -0.4 is 10.6 Å². The summed E-state index contributed by atoms with van der Waals surface area (Å²) in [6.07, 6.45) is 0.351. The van der Waals surface area contributed by atoms with Crippen molar-refractivity contribution in [3.63, 3.8) is 0 Å². The van der Waals surface area contributed by atoms with Gasteiger partial charge in [0.15, 0.2) is 0 Å². The van der Waals surface area contributed by atoms with E-state index in [1.807, 2.05) is 0 Å². The first kappa shape index (κ1) is 19.7. The molecule has 0 saturated carbocycles. The lowest BCUT2D eigenvalue weighted by molar-refractivity contribution is -0.116. The van der Waals surface area contributed by atoms with Gasteiger partial charge in [-0.05, 0) is 6.08 Å².